The number of fused-ring (bicyclic) bond motifs is 6. The van der Waals surface area contributed by atoms with Gasteiger partial charge in [-0.1, -0.05) is 109 Å². The van der Waals surface area contributed by atoms with Gasteiger partial charge in [-0.15, -0.1) is 11.3 Å². The van der Waals surface area contributed by atoms with E-state index in [0.717, 1.165) is 5.69 Å². The topological polar surface area (TPSA) is 3.24 Å². The van der Waals surface area contributed by atoms with Gasteiger partial charge in [0.05, 0.1) is 39.7 Å². The van der Waals surface area contributed by atoms with Gasteiger partial charge in [0.1, 0.15) is 0 Å². The molecule has 0 unspecified atom stereocenters. The molecule has 1 heterocycles. The zero-order chi connectivity index (χ0) is 26.7. The van der Waals surface area contributed by atoms with Crippen LogP contribution >= 0.6 is 34.2 Å². The zero-order valence-electron chi connectivity index (χ0n) is 21.6. The molecule has 40 heavy (non-hydrogen) atoms. The van der Waals surface area contributed by atoms with Gasteiger partial charge < -0.3 is 0 Å². The van der Waals surface area contributed by atoms with E-state index >= 15 is 0 Å². The van der Waals surface area contributed by atoms with E-state index in [4.69, 9.17) is 0 Å². The van der Waals surface area contributed by atoms with Crippen LogP contribution < -0.4 is 3.11 Å². The van der Waals surface area contributed by atoms with Crippen LogP contribution in [0, 0.1) is 0 Å². The summed E-state index contributed by atoms with van der Waals surface area (Å²) in [5.74, 6) is 0. The molecule has 0 N–H and O–H groups in total. The molecule has 6 aromatic carbocycles. The van der Waals surface area contributed by atoms with Crippen molar-refractivity contribution in [2.45, 2.75) is 5.41 Å². The molecule has 1 aliphatic carbocycles. The van der Waals surface area contributed by atoms with Crippen molar-refractivity contribution in [2.24, 2.45) is 0 Å². The van der Waals surface area contributed by atoms with E-state index in [1.54, 1.807) is 0 Å². The molecule has 1 aromatic heterocycles. The van der Waals surface area contributed by atoms with Crippen LogP contribution in [-0.4, -0.2) is 0 Å². The summed E-state index contributed by atoms with van der Waals surface area (Å²) in [6.45, 7) is 0. The third kappa shape index (κ3) is 3.44. The summed E-state index contributed by atoms with van der Waals surface area (Å²) < 4.78 is 4.95. The minimum Gasteiger partial charge on any atom is -0.283 e. The minimum absolute atomic E-state index is 0.393. The summed E-state index contributed by atoms with van der Waals surface area (Å²) in [6.07, 6.45) is 0. The van der Waals surface area contributed by atoms with Crippen molar-refractivity contribution in [2.75, 3.05) is 3.11 Å². The SMILES string of the molecule is IN(c1cccc(C2(c3ccccc3)c3ccccc3-c3ccccc32)c1)c1ccc2sc3ccccc3c2c1. The highest BCUT2D eigenvalue weighted by molar-refractivity contribution is 14.1. The molecule has 0 spiro atoms. The third-order valence-corrected chi connectivity index (χ3v) is 10.5. The molecule has 1 aliphatic rings. The van der Waals surface area contributed by atoms with Crippen LogP contribution in [0.4, 0.5) is 11.4 Å². The fourth-order valence-corrected chi connectivity index (χ4v) is 8.24. The Morgan fingerprint density at radius 3 is 1.85 bits per heavy atom. The van der Waals surface area contributed by atoms with Crippen LogP contribution in [-0.2, 0) is 5.41 Å². The Morgan fingerprint density at radius 1 is 0.475 bits per heavy atom. The summed E-state index contributed by atoms with van der Waals surface area (Å²) >= 11 is 4.32. The van der Waals surface area contributed by atoms with E-state index in [-0.39, 0.29) is 0 Å². The van der Waals surface area contributed by atoms with Gasteiger partial charge in [-0.25, -0.2) is 0 Å². The summed E-state index contributed by atoms with van der Waals surface area (Å²) in [5.41, 5.74) is 9.81. The van der Waals surface area contributed by atoms with Crippen LogP contribution in [0.2, 0.25) is 0 Å². The third-order valence-electron chi connectivity index (χ3n) is 8.25. The second-order valence-electron chi connectivity index (χ2n) is 10.3. The van der Waals surface area contributed by atoms with E-state index in [2.05, 4.69) is 172 Å². The number of benzene rings is 6. The van der Waals surface area contributed by atoms with Gasteiger partial charge in [0.25, 0.3) is 0 Å². The molecule has 8 rings (SSSR count). The lowest BCUT2D eigenvalue weighted by atomic mass is 9.67. The first-order valence-corrected chi connectivity index (χ1v) is 15.3. The fourth-order valence-electron chi connectivity index (χ4n) is 6.56. The van der Waals surface area contributed by atoms with Crippen LogP contribution in [0.1, 0.15) is 22.3 Å². The first-order valence-electron chi connectivity index (χ1n) is 13.5. The molecular formula is C37H24INS. The van der Waals surface area contributed by atoms with Crippen LogP contribution in [0.5, 0.6) is 0 Å². The number of anilines is 2. The normalized spacial score (nSPS) is 13.3. The lowest BCUT2D eigenvalue weighted by Crippen LogP contribution is -2.28. The van der Waals surface area contributed by atoms with Crippen molar-refractivity contribution in [1.29, 1.82) is 0 Å². The second-order valence-corrected chi connectivity index (χ2v) is 12.4. The smallest absolute Gasteiger partial charge is 0.0714 e. The van der Waals surface area contributed by atoms with Crippen molar-refractivity contribution in [3.8, 4) is 11.1 Å². The lowest BCUT2D eigenvalue weighted by molar-refractivity contribution is 0.768. The summed E-state index contributed by atoms with van der Waals surface area (Å²) in [4.78, 5) is 0. The second kappa shape index (κ2) is 9.33. The van der Waals surface area contributed by atoms with Gasteiger partial charge in [0.2, 0.25) is 0 Å². The Labute approximate surface area is 251 Å². The zero-order valence-corrected chi connectivity index (χ0v) is 24.6. The van der Waals surface area contributed by atoms with E-state index in [1.807, 2.05) is 11.3 Å². The number of rotatable bonds is 4. The molecule has 0 radical (unpaired) electrons. The summed E-state index contributed by atoms with van der Waals surface area (Å²) in [5, 5.41) is 2.64. The largest absolute Gasteiger partial charge is 0.283 e. The summed E-state index contributed by atoms with van der Waals surface area (Å²) in [7, 11) is 0. The van der Waals surface area contributed by atoms with Gasteiger partial charge in [-0.05, 0) is 69.8 Å². The molecule has 1 nitrogen and oxygen atoms in total. The quantitative estimate of drug-likeness (QED) is 0.137. The highest BCUT2D eigenvalue weighted by Gasteiger charge is 2.45. The molecular weight excluding hydrogens is 617 g/mol. The average Bonchev–Trinajstić information content (AvgIpc) is 3.55. The van der Waals surface area contributed by atoms with Gasteiger partial charge in [-0.3, -0.25) is 3.11 Å². The number of thiophene rings is 1. The lowest BCUT2D eigenvalue weighted by Gasteiger charge is -2.34. The van der Waals surface area contributed by atoms with E-state index < -0.39 is 5.41 Å². The first-order chi connectivity index (χ1) is 19.7. The van der Waals surface area contributed by atoms with E-state index in [0.29, 0.717) is 0 Å². The molecule has 7 aromatic rings. The first kappa shape index (κ1) is 23.9. The molecule has 0 atom stereocenters. The predicted molar refractivity (Wildman–Crippen MR) is 179 cm³/mol. The van der Waals surface area contributed by atoms with Crippen molar-refractivity contribution in [1.82, 2.24) is 0 Å². The fraction of sp³-hybridized carbons (Fsp3) is 0.0270. The van der Waals surface area contributed by atoms with Gasteiger partial charge in [0, 0.05) is 20.2 Å². The van der Waals surface area contributed by atoms with E-state index in [1.165, 1.54) is 59.2 Å². The van der Waals surface area contributed by atoms with Gasteiger partial charge in [-0.2, -0.15) is 0 Å². The highest BCUT2D eigenvalue weighted by atomic mass is 127. The molecule has 0 aliphatic heterocycles. The van der Waals surface area contributed by atoms with Crippen molar-refractivity contribution >= 4 is 65.7 Å². The Kier molecular flexibility index (Phi) is 5.58. The van der Waals surface area contributed by atoms with Crippen LogP contribution in [0.25, 0.3) is 31.3 Å². The Bertz CT molecular complexity index is 2000. The number of nitrogens with zero attached hydrogens (tertiary/aromatic N) is 1. The maximum absolute atomic E-state index is 2.46. The van der Waals surface area contributed by atoms with Crippen LogP contribution in [0.3, 0.4) is 0 Å². The summed E-state index contributed by atoms with van der Waals surface area (Å²) in [6, 6.07) is 53.5. The maximum Gasteiger partial charge on any atom is 0.0714 e. The van der Waals surface area contributed by atoms with Gasteiger partial charge >= 0.3 is 0 Å². The van der Waals surface area contributed by atoms with E-state index in [9.17, 15) is 0 Å². The molecule has 3 heteroatoms. The molecule has 0 amide bonds. The van der Waals surface area contributed by atoms with Crippen molar-refractivity contribution in [3.63, 3.8) is 0 Å². The minimum atomic E-state index is -0.393. The van der Waals surface area contributed by atoms with Crippen molar-refractivity contribution < 1.29 is 0 Å². The monoisotopic (exact) mass is 641 g/mol. The number of hydrogen-bond donors (Lipinski definition) is 0. The molecule has 0 fully saturated rings. The highest BCUT2D eigenvalue weighted by Crippen LogP contribution is 2.56. The maximum atomic E-state index is 2.46. The Morgan fingerprint density at radius 2 is 1.07 bits per heavy atom. The Balaban J connectivity index is 1.33. The number of halogens is 1. The van der Waals surface area contributed by atoms with Crippen LogP contribution in [0.15, 0.2) is 146 Å². The molecule has 0 saturated carbocycles. The number of hydrogen-bond acceptors (Lipinski definition) is 2. The predicted octanol–water partition coefficient (Wildman–Crippen LogP) is 10.9. The molecule has 190 valence electrons. The Hall–Kier alpha value is -3.93. The van der Waals surface area contributed by atoms with Gasteiger partial charge in [0.15, 0.2) is 0 Å². The van der Waals surface area contributed by atoms with Crippen molar-refractivity contribution in [3.05, 3.63) is 168 Å². The molecule has 0 saturated heterocycles. The molecule has 0 bridgehead atoms. The standard InChI is InChI=1S/C37H24INS/c38-39(28-21-22-36-32(24-28)31-17-6-9-20-35(31)40-36)27-14-10-13-26(23-27)37(25-11-2-1-3-12-25)33-18-7-4-15-29(33)30-16-5-8-19-34(30)37/h1-24H. The average molecular weight is 642 g/mol.